The van der Waals surface area contributed by atoms with Gasteiger partial charge in [-0.25, -0.2) is 4.39 Å². The number of nitrogens with zero attached hydrogens (tertiary/aromatic N) is 1. The molecule has 0 spiro atoms. The first-order valence-electron chi connectivity index (χ1n) is 6.61. The summed E-state index contributed by atoms with van der Waals surface area (Å²) in [4.78, 5) is 2.43. The van der Waals surface area contributed by atoms with Crippen molar-refractivity contribution in [3.05, 3.63) is 34.6 Å². The fourth-order valence-corrected chi connectivity index (χ4v) is 3.28. The minimum atomic E-state index is -0.196. The van der Waals surface area contributed by atoms with Crippen LogP contribution in [0.5, 0.6) is 0 Å². The Balaban J connectivity index is 1.94. The molecule has 2 N–H and O–H groups in total. The summed E-state index contributed by atoms with van der Waals surface area (Å²) in [6.07, 6.45) is 3.55. The second kappa shape index (κ2) is 4.80. The Morgan fingerprint density at radius 2 is 2.11 bits per heavy atom. The maximum Gasteiger partial charge on any atom is 0.129 e. The molecule has 0 aromatic heterocycles. The van der Waals surface area contributed by atoms with E-state index < -0.39 is 0 Å². The minimum Gasteiger partial charge on any atom is -0.330 e. The van der Waals surface area contributed by atoms with Crippen LogP contribution < -0.4 is 5.73 Å². The molecule has 98 valence electrons. The number of benzene rings is 1. The summed E-state index contributed by atoms with van der Waals surface area (Å²) in [5.74, 6) is 0.166. The summed E-state index contributed by atoms with van der Waals surface area (Å²) < 4.78 is 14.1. The van der Waals surface area contributed by atoms with Crippen molar-refractivity contribution in [3.63, 3.8) is 0 Å². The van der Waals surface area contributed by atoms with E-state index in [0.29, 0.717) is 23.5 Å². The summed E-state index contributed by atoms with van der Waals surface area (Å²) >= 11 is 5.83. The van der Waals surface area contributed by atoms with E-state index in [1.54, 1.807) is 6.07 Å². The third-order valence-electron chi connectivity index (χ3n) is 4.16. The Bertz CT molecular complexity index is 447. The van der Waals surface area contributed by atoms with Crippen LogP contribution in [0.15, 0.2) is 18.2 Å². The van der Waals surface area contributed by atoms with Crippen LogP contribution >= 0.6 is 11.6 Å². The fraction of sp³-hybridized carbons (Fsp3) is 0.571. The highest BCUT2D eigenvalue weighted by Gasteiger charge is 2.42. The van der Waals surface area contributed by atoms with Gasteiger partial charge in [0.2, 0.25) is 0 Å². The number of nitrogens with two attached hydrogens (primary N) is 1. The average molecular weight is 269 g/mol. The SMILES string of the molecule is NCC1CCN(C2CC2)C1c1ccc(Cl)cc1F. The van der Waals surface area contributed by atoms with Crippen LogP contribution in [0.3, 0.4) is 0 Å². The minimum absolute atomic E-state index is 0.139. The number of hydrogen-bond acceptors (Lipinski definition) is 2. The highest BCUT2D eigenvalue weighted by molar-refractivity contribution is 6.30. The predicted molar refractivity (Wildman–Crippen MR) is 71.0 cm³/mol. The molecule has 0 bridgehead atoms. The maximum atomic E-state index is 14.1. The number of hydrogen-bond donors (Lipinski definition) is 1. The van der Waals surface area contributed by atoms with E-state index in [1.165, 1.54) is 18.9 Å². The Labute approximate surface area is 112 Å². The lowest BCUT2D eigenvalue weighted by Crippen LogP contribution is -2.30. The first kappa shape index (κ1) is 12.4. The number of halogens is 2. The summed E-state index contributed by atoms with van der Waals surface area (Å²) in [6.45, 7) is 1.66. The van der Waals surface area contributed by atoms with E-state index in [1.807, 2.05) is 6.07 Å². The molecular weight excluding hydrogens is 251 g/mol. The second-order valence-corrected chi connectivity index (χ2v) is 5.80. The van der Waals surface area contributed by atoms with Gasteiger partial charge in [0.25, 0.3) is 0 Å². The van der Waals surface area contributed by atoms with Gasteiger partial charge in [-0.1, -0.05) is 17.7 Å². The third-order valence-corrected chi connectivity index (χ3v) is 4.40. The highest BCUT2D eigenvalue weighted by Crippen LogP contribution is 2.44. The molecule has 1 saturated carbocycles. The average Bonchev–Trinajstić information content (AvgIpc) is 3.10. The van der Waals surface area contributed by atoms with Crippen molar-refractivity contribution in [2.24, 2.45) is 11.7 Å². The molecule has 2 fully saturated rings. The van der Waals surface area contributed by atoms with Crippen LogP contribution in [0.25, 0.3) is 0 Å². The molecule has 2 aliphatic rings. The standard InChI is InChI=1S/C14H18ClFN2/c15-10-1-4-12(13(16)7-10)14-9(8-17)5-6-18(14)11-2-3-11/h1,4,7,9,11,14H,2-3,5-6,8,17H2. The van der Waals surface area contributed by atoms with E-state index in [0.717, 1.165) is 18.5 Å². The predicted octanol–water partition coefficient (Wildman–Crippen LogP) is 2.96. The second-order valence-electron chi connectivity index (χ2n) is 5.36. The lowest BCUT2D eigenvalue weighted by Gasteiger charge is -2.28. The summed E-state index contributed by atoms with van der Waals surface area (Å²) in [7, 11) is 0. The molecule has 4 heteroatoms. The molecule has 2 unspecified atom stereocenters. The Morgan fingerprint density at radius 1 is 1.33 bits per heavy atom. The van der Waals surface area contributed by atoms with Crippen molar-refractivity contribution < 1.29 is 4.39 Å². The van der Waals surface area contributed by atoms with Crippen LogP contribution in [-0.4, -0.2) is 24.0 Å². The van der Waals surface area contributed by atoms with Crippen LogP contribution in [0, 0.1) is 11.7 Å². The Hall–Kier alpha value is -0.640. The molecule has 2 atom stereocenters. The van der Waals surface area contributed by atoms with Gasteiger partial charge in [0.1, 0.15) is 5.82 Å². The summed E-state index contributed by atoms with van der Waals surface area (Å²) in [5, 5.41) is 0.455. The van der Waals surface area contributed by atoms with Gasteiger partial charge in [0.05, 0.1) is 0 Å². The smallest absolute Gasteiger partial charge is 0.129 e. The molecule has 3 rings (SSSR count). The van der Waals surface area contributed by atoms with Crippen LogP contribution in [0.2, 0.25) is 5.02 Å². The molecule has 1 aromatic carbocycles. The molecule has 0 amide bonds. The van der Waals surface area contributed by atoms with Gasteiger partial charge in [-0.2, -0.15) is 0 Å². The van der Waals surface area contributed by atoms with Gasteiger partial charge in [0, 0.05) is 22.7 Å². The molecule has 1 heterocycles. The largest absolute Gasteiger partial charge is 0.330 e. The topological polar surface area (TPSA) is 29.3 Å². The fourth-order valence-electron chi connectivity index (χ4n) is 3.12. The van der Waals surface area contributed by atoms with Crippen molar-refractivity contribution in [3.8, 4) is 0 Å². The van der Waals surface area contributed by atoms with E-state index in [-0.39, 0.29) is 11.9 Å². The Kier molecular flexibility index (Phi) is 3.31. The zero-order valence-electron chi connectivity index (χ0n) is 10.3. The van der Waals surface area contributed by atoms with Crippen molar-refractivity contribution in [2.75, 3.05) is 13.1 Å². The van der Waals surface area contributed by atoms with Gasteiger partial charge in [-0.3, -0.25) is 4.90 Å². The van der Waals surface area contributed by atoms with E-state index in [9.17, 15) is 4.39 Å². The summed E-state index contributed by atoms with van der Waals surface area (Å²) in [5.41, 5.74) is 6.61. The Morgan fingerprint density at radius 3 is 2.72 bits per heavy atom. The quantitative estimate of drug-likeness (QED) is 0.913. The van der Waals surface area contributed by atoms with Crippen molar-refractivity contribution in [1.29, 1.82) is 0 Å². The first-order valence-corrected chi connectivity index (χ1v) is 6.99. The zero-order chi connectivity index (χ0) is 12.7. The van der Waals surface area contributed by atoms with Crippen LogP contribution in [-0.2, 0) is 0 Å². The van der Waals surface area contributed by atoms with Gasteiger partial charge in [0.15, 0.2) is 0 Å². The third kappa shape index (κ3) is 2.15. The normalized spacial score (nSPS) is 28.8. The van der Waals surface area contributed by atoms with Crippen molar-refractivity contribution in [2.45, 2.75) is 31.3 Å². The van der Waals surface area contributed by atoms with E-state index in [2.05, 4.69) is 4.90 Å². The van der Waals surface area contributed by atoms with Crippen molar-refractivity contribution in [1.82, 2.24) is 4.90 Å². The molecule has 1 saturated heterocycles. The highest BCUT2D eigenvalue weighted by atomic mass is 35.5. The van der Waals surface area contributed by atoms with Gasteiger partial charge >= 0.3 is 0 Å². The van der Waals surface area contributed by atoms with Gasteiger partial charge < -0.3 is 5.73 Å². The molecule has 1 aromatic rings. The molecule has 0 radical (unpaired) electrons. The molecule has 2 nitrogen and oxygen atoms in total. The van der Waals surface area contributed by atoms with Gasteiger partial charge in [-0.15, -0.1) is 0 Å². The monoisotopic (exact) mass is 268 g/mol. The summed E-state index contributed by atoms with van der Waals surface area (Å²) in [6, 6.07) is 5.79. The van der Waals surface area contributed by atoms with Crippen LogP contribution in [0.1, 0.15) is 30.9 Å². The van der Waals surface area contributed by atoms with E-state index in [4.69, 9.17) is 17.3 Å². The first-order chi connectivity index (χ1) is 8.70. The zero-order valence-corrected chi connectivity index (χ0v) is 11.0. The van der Waals surface area contributed by atoms with Crippen molar-refractivity contribution >= 4 is 11.6 Å². The molecule has 18 heavy (non-hydrogen) atoms. The maximum absolute atomic E-state index is 14.1. The van der Waals surface area contributed by atoms with Gasteiger partial charge in [-0.05, 0) is 50.4 Å². The van der Waals surface area contributed by atoms with E-state index >= 15 is 0 Å². The number of likely N-dealkylation sites (tertiary alicyclic amines) is 1. The van der Waals surface area contributed by atoms with Crippen LogP contribution in [0.4, 0.5) is 4.39 Å². The lowest BCUT2D eigenvalue weighted by molar-refractivity contribution is 0.215. The molecule has 1 aliphatic carbocycles. The number of rotatable bonds is 3. The molecular formula is C14H18ClFN2. The lowest BCUT2D eigenvalue weighted by atomic mass is 9.93. The molecule has 1 aliphatic heterocycles.